The fraction of sp³-hybridized carbons (Fsp3) is 0.421. The number of nitriles is 1. The standard InChI is InChI=1S/C19H23N5O/c1-14-8-19(15(10-20)11-22-14)24-7-5-18(13-24)25-17-4-6-21-16(9-17)12-23(2)3/h4,6,8-9,11,18H,5,7,12-13H2,1-3H3. The van der Waals surface area contributed by atoms with Crippen molar-refractivity contribution in [1.29, 1.82) is 5.26 Å². The third-order valence-corrected chi connectivity index (χ3v) is 4.19. The third-order valence-electron chi connectivity index (χ3n) is 4.19. The maximum Gasteiger partial charge on any atom is 0.123 e. The Morgan fingerprint density at radius 2 is 2.20 bits per heavy atom. The zero-order valence-corrected chi connectivity index (χ0v) is 14.9. The minimum absolute atomic E-state index is 0.106. The van der Waals surface area contributed by atoms with Gasteiger partial charge in [-0.25, -0.2) is 0 Å². The number of aryl methyl sites for hydroxylation is 1. The molecular formula is C19H23N5O. The summed E-state index contributed by atoms with van der Waals surface area (Å²) in [5, 5.41) is 9.31. The number of ether oxygens (including phenoxy) is 1. The molecule has 0 spiro atoms. The Bertz CT molecular complexity index is 784. The highest BCUT2D eigenvalue weighted by atomic mass is 16.5. The number of nitrogens with zero attached hydrogens (tertiary/aromatic N) is 5. The van der Waals surface area contributed by atoms with E-state index in [1.54, 1.807) is 12.4 Å². The van der Waals surface area contributed by atoms with Gasteiger partial charge in [0.05, 0.1) is 23.5 Å². The van der Waals surface area contributed by atoms with E-state index < -0.39 is 0 Å². The van der Waals surface area contributed by atoms with Crippen molar-refractivity contribution in [3.8, 4) is 11.8 Å². The van der Waals surface area contributed by atoms with E-state index in [4.69, 9.17) is 4.74 Å². The zero-order chi connectivity index (χ0) is 17.8. The van der Waals surface area contributed by atoms with E-state index in [9.17, 15) is 5.26 Å². The highest BCUT2D eigenvalue weighted by molar-refractivity contribution is 5.59. The summed E-state index contributed by atoms with van der Waals surface area (Å²) in [5.74, 6) is 0.852. The van der Waals surface area contributed by atoms with Gasteiger partial charge in [-0.05, 0) is 33.2 Å². The van der Waals surface area contributed by atoms with E-state index in [1.807, 2.05) is 39.2 Å². The highest BCUT2D eigenvalue weighted by Gasteiger charge is 2.26. The van der Waals surface area contributed by atoms with Crippen LogP contribution in [0.15, 0.2) is 30.6 Å². The molecule has 0 amide bonds. The van der Waals surface area contributed by atoms with Crippen molar-refractivity contribution in [3.63, 3.8) is 0 Å². The van der Waals surface area contributed by atoms with Crippen molar-refractivity contribution < 1.29 is 4.74 Å². The molecule has 0 bridgehead atoms. The number of rotatable bonds is 5. The van der Waals surface area contributed by atoms with Gasteiger partial charge in [0.1, 0.15) is 17.9 Å². The summed E-state index contributed by atoms with van der Waals surface area (Å²) >= 11 is 0. The Morgan fingerprint density at radius 3 is 2.96 bits per heavy atom. The van der Waals surface area contributed by atoms with Crippen molar-refractivity contribution in [2.24, 2.45) is 0 Å². The largest absolute Gasteiger partial charge is 0.488 e. The summed E-state index contributed by atoms with van der Waals surface area (Å²) < 4.78 is 6.15. The number of pyridine rings is 2. The van der Waals surface area contributed by atoms with Crippen LogP contribution in [0.1, 0.15) is 23.4 Å². The minimum Gasteiger partial charge on any atom is -0.488 e. The Kier molecular flexibility index (Phi) is 5.15. The zero-order valence-electron chi connectivity index (χ0n) is 14.9. The van der Waals surface area contributed by atoms with E-state index in [1.165, 1.54) is 0 Å². The average Bonchev–Trinajstić information content (AvgIpc) is 3.03. The van der Waals surface area contributed by atoms with Gasteiger partial charge in [0.2, 0.25) is 0 Å². The summed E-state index contributed by atoms with van der Waals surface area (Å²) in [5.41, 5.74) is 3.47. The van der Waals surface area contributed by atoms with Crippen LogP contribution in [-0.2, 0) is 6.54 Å². The molecule has 0 radical (unpaired) electrons. The van der Waals surface area contributed by atoms with Crippen LogP contribution in [0, 0.1) is 18.3 Å². The molecule has 0 saturated carbocycles. The predicted molar refractivity (Wildman–Crippen MR) is 96.6 cm³/mol. The molecule has 6 heteroatoms. The van der Waals surface area contributed by atoms with E-state index in [-0.39, 0.29) is 6.10 Å². The van der Waals surface area contributed by atoms with Gasteiger partial charge < -0.3 is 14.5 Å². The quantitative estimate of drug-likeness (QED) is 0.834. The van der Waals surface area contributed by atoms with Gasteiger partial charge >= 0.3 is 0 Å². The molecule has 2 aromatic rings. The Hall–Kier alpha value is -2.65. The topological polar surface area (TPSA) is 65.3 Å². The fourth-order valence-electron chi connectivity index (χ4n) is 3.07. The maximum atomic E-state index is 9.31. The van der Waals surface area contributed by atoms with Crippen LogP contribution in [0.2, 0.25) is 0 Å². The first-order valence-corrected chi connectivity index (χ1v) is 8.43. The Morgan fingerprint density at radius 1 is 1.36 bits per heavy atom. The molecule has 1 saturated heterocycles. The molecule has 6 nitrogen and oxygen atoms in total. The molecule has 25 heavy (non-hydrogen) atoms. The van der Waals surface area contributed by atoms with Crippen LogP contribution in [0.5, 0.6) is 5.75 Å². The number of anilines is 1. The van der Waals surface area contributed by atoms with Crippen LogP contribution in [0.25, 0.3) is 0 Å². The summed E-state index contributed by atoms with van der Waals surface area (Å²) in [6.07, 6.45) is 4.47. The third kappa shape index (κ3) is 4.25. The number of hydrogen-bond acceptors (Lipinski definition) is 6. The van der Waals surface area contributed by atoms with Crippen molar-refractivity contribution in [1.82, 2.24) is 14.9 Å². The van der Waals surface area contributed by atoms with E-state index in [0.717, 1.165) is 48.9 Å². The summed E-state index contributed by atoms with van der Waals surface area (Å²) in [6, 6.07) is 8.11. The molecule has 3 rings (SSSR count). The van der Waals surface area contributed by atoms with Gasteiger partial charge in [-0.1, -0.05) is 0 Å². The van der Waals surface area contributed by atoms with Crippen LogP contribution < -0.4 is 9.64 Å². The fourth-order valence-corrected chi connectivity index (χ4v) is 3.07. The Balaban J connectivity index is 1.68. The van der Waals surface area contributed by atoms with Crippen LogP contribution in [0.4, 0.5) is 5.69 Å². The minimum atomic E-state index is 0.106. The number of hydrogen-bond donors (Lipinski definition) is 0. The first-order valence-electron chi connectivity index (χ1n) is 8.43. The first-order chi connectivity index (χ1) is 12.0. The van der Waals surface area contributed by atoms with Gasteiger partial charge in [-0.3, -0.25) is 9.97 Å². The van der Waals surface area contributed by atoms with Gasteiger partial charge in [0.15, 0.2) is 0 Å². The second kappa shape index (κ2) is 7.49. The lowest BCUT2D eigenvalue weighted by atomic mass is 10.2. The molecule has 2 aromatic heterocycles. The molecule has 1 atom stereocenters. The summed E-state index contributed by atoms with van der Waals surface area (Å²) in [6.45, 7) is 4.37. The Labute approximate surface area is 148 Å². The molecule has 1 aliphatic rings. The lowest BCUT2D eigenvalue weighted by Gasteiger charge is -2.20. The van der Waals surface area contributed by atoms with E-state index in [2.05, 4.69) is 25.8 Å². The van der Waals surface area contributed by atoms with Crippen molar-refractivity contribution in [3.05, 3.63) is 47.5 Å². The van der Waals surface area contributed by atoms with Gasteiger partial charge in [-0.2, -0.15) is 5.26 Å². The van der Waals surface area contributed by atoms with Crippen LogP contribution >= 0.6 is 0 Å². The second-order valence-corrected chi connectivity index (χ2v) is 6.65. The molecule has 3 heterocycles. The summed E-state index contributed by atoms with van der Waals surface area (Å²) in [7, 11) is 4.04. The van der Waals surface area contributed by atoms with Gasteiger partial charge in [-0.15, -0.1) is 0 Å². The second-order valence-electron chi connectivity index (χ2n) is 6.65. The van der Waals surface area contributed by atoms with Gasteiger partial charge in [0, 0.05) is 43.7 Å². The molecule has 0 N–H and O–H groups in total. The number of aromatic nitrogens is 2. The molecule has 130 valence electrons. The molecule has 0 aliphatic carbocycles. The monoisotopic (exact) mass is 337 g/mol. The molecule has 0 aromatic carbocycles. The van der Waals surface area contributed by atoms with Crippen LogP contribution in [0.3, 0.4) is 0 Å². The molecule has 1 fully saturated rings. The SMILES string of the molecule is Cc1cc(N2CCC(Oc3ccnc(CN(C)C)c3)C2)c(C#N)cn1. The molecule has 1 aliphatic heterocycles. The maximum absolute atomic E-state index is 9.31. The average molecular weight is 337 g/mol. The molecular weight excluding hydrogens is 314 g/mol. The van der Waals surface area contributed by atoms with Crippen LogP contribution in [-0.4, -0.2) is 48.2 Å². The van der Waals surface area contributed by atoms with Gasteiger partial charge in [0.25, 0.3) is 0 Å². The predicted octanol–water partition coefficient (Wildman–Crippen LogP) is 2.38. The summed E-state index contributed by atoms with van der Waals surface area (Å²) in [4.78, 5) is 12.9. The lowest BCUT2D eigenvalue weighted by molar-refractivity contribution is 0.224. The van der Waals surface area contributed by atoms with Crippen molar-refractivity contribution in [2.45, 2.75) is 26.0 Å². The molecule has 1 unspecified atom stereocenters. The smallest absolute Gasteiger partial charge is 0.123 e. The van der Waals surface area contributed by atoms with Crippen molar-refractivity contribution in [2.75, 3.05) is 32.1 Å². The first kappa shape index (κ1) is 17.2. The normalized spacial score (nSPS) is 16.9. The van der Waals surface area contributed by atoms with Crippen molar-refractivity contribution >= 4 is 5.69 Å². The van der Waals surface area contributed by atoms with E-state index in [0.29, 0.717) is 5.56 Å². The van der Waals surface area contributed by atoms with E-state index >= 15 is 0 Å². The lowest BCUT2D eigenvalue weighted by Crippen LogP contribution is -2.25. The highest BCUT2D eigenvalue weighted by Crippen LogP contribution is 2.26.